The summed E-state index contributed by atoms with van der Waals surface area (Å²) in [4.78, 5) is 16.5. The van der Waals surface area contributed by atoms with Crippen molar-refractivity contribution in [3.05, 3.63) is 54.2 Å². The second kappa shape index (κ2) is 7.51. The van der Waals surface area contributed by atoms with Crippen LogP contribution in [0.2, 0.25) is 0 Å². The second-order valence-corrected chi connectivity index (χ2v) is 7.02. The Labute approximate surface area is 140 Å². The van der Waals surface area contributed by atoms with Gasteiger partial charge in [-0.2, -0.15) is 0 Å². The number of rotatable bonds is 5. The van der Waals surface area contributed by atoms with E-state index in [0.717, 1.165) is 17.2 Å². The lowest BCUT2D eigenvalue weighted by Crippen LogP contribution is -2.38. The van der Waals surface area contributed by atoms with Crippen molar-refractivity contribution in [2.45, 2.75) is 23.6 Å². The highest BCUT2D eigenvalue weighted by Crippen LogP contribution is 2.26. The number of aromatic nitrogens is 1. The van der Waals surface area contributed by atoms with Crippen LogP contribution in [0.1, 0.15) is 12.5 Å². The lowest BCUT2D eigenvalue weighted by atomic mass is 9.97. The Morgan fingerprint density at radius 1 is 1.35 bits per heavy atom. The van der Waals surface area contributed by atoms with Crippen LogP contribution in [0, 0.1) is 5.92 Å². The molecule has 0 radical (unpaired) electrons. The van der Waals surface area contributed by atoms with Gasteiger partial charge in [-0.3, -0.25) is 4.79 Å². The molecule has 1 amide bonds. The number of benzene rings is 1. The monoisotopic (exact) mass is 328 g/mol. The van der Waals surface area contributed by atoms with Crippen LogP contribution in [-0.4, -0.2) is 29.3 Å². The van der Waals surface area contributed by atoms with Gasteiger partial charge in [-0.1, -0.05) is 36.0 Å². The van der Waals surface area contributed by atoms with E-state index in [-0.39, 0.29) is 11.2 Å². The van der Waals surface area contributed by atoms with Crippen molar-refractivity contribution in [3.8, 4) is 5.75 Å². The first kappa shape index (κ1) is 15.9. The molecule has 0 saturated carbocycles. The van der Waals surface area contributed by atoms with Gasteiger partial charge in [-0.15, -0.1) is 0 Å². The zero-order valence-corrected chi connectivity index (χ0v) is 13.9. The van der Waals surface area contributed by atoms with Gasteiger partial charge in [0.05, 0.1) is 16.9 Å². The van der Waals surface area contributed by atoms with Gasteiger partial charge in [-0.25, -0.2) is 4.98 Å². The van der Waals surface area contributed by atoms with Gasteiger partial charge < -0.3 is 10.1 Å². The molecule has 2 heterocycles. The molecule has 23 heavy (non-hydrogen) atoms. The smallest absolute Gasteiger partial charge is 0.233 e. The number of nitrogens with one attached hydrogen (secondary N) is 1. The minimum atomic E-state index is -0.165. The van der Waals surface area contributed by atoms with E-state index in [1.54, 1.807) is 6.20 Å². The Balaban J connectivity index is 1.48. The van der Waals surface area contributed by atoms with Crippen LogP contribution in [-0.2, 0) is 11.2 Å². The number of pyridine rings is 1. The summed E-state index contributed by atoms with van der Waals surface area (Å²) in [5.74, 6) is 1.33. The van der Waals surface area contributed by atoms with Crippen LogP contribution in [0.25, 0.3) is 0 Å². The molecule has 0 aliphatic carbocycles. The van der Waals surface area contributed by atoms with Crippen LogP contribution < -0.4 is 10.1 Å². The van der Waals surface area contributed by atoms with Gasteiger partial charge in [0.2, 0.25) is 5.91 Å². The van der Waals surface area contributed by atoms with Gasteiger partial charge in [-0.05, 0) is 37.1 Å². The molecule has 1 aliphatic rings. The molecule has 1 aromatic carbocycles. The SMILES string of the molecule is C[C@H](Sc1ccccn1)C(=O)NC[C@@H]1COc2ccccc2C1. The maximum Gasteiger partial charge on any atom is 0.233 e. The van der Waals surface area contributed by atoms with Crippen LogP contribution >= 0.6 is 11.8 Å². The van der Waals surface area contributed by atoms with Crippen molar-refractivity contribution in [2.75, 3.05) is 13.2 Å². The number of fused-ring (bicyclic) bond motifs is 1. The maximum absolute atomic E-state index is 12.2. The quantitative estimate of drug-likeness (QED) is 0.858. The Morgan fingerprint density at radius 2 is 2.17 bits per heavy atom. The third-order valence-corrected chi connectivity index (χ3v) is 4.88. The lowest BCUT2D eigenvalue weighted by Gasteiger charge is -2.25. The molecule has 2 atom stereocenters. The Kier molecular flexibility index (Phi) is 5.18. The number of carbonyl (C=O) groups is 1. The predicted molar refractivity (Wildman–Crippen MR) is 91.7 cm³/mol. The summed E-state index contributed by atoms with van der Waals surface area (Å²) >= 11 is 1.47. The van der Waals surface area contributed by atoms with E-state index in [1.165, 1.54) is 17.3 Å². The van der Waals surface area contributed by atoms with Gasteiger partial charge in [0, 0.05) is 18.7 Å². The van der Waals surface area contributed by atoms with Gasteiger partial charge in [0.1, 0.15) is 5.75 Å². The Morgan fingerprint density at radius 3 is 3.00 bits per heavy atom. The number of hydrogen-bond donors (Lipinski definition) is 1. The normalized spacial score (nSPS) is 17.7. The van der Waals surface area contributed by atoms with Crippen molar-refractivity contribution < 1.29 is 9.53 Å². The summed E-state index contributed by atoms with van der Waals surface area (Å²) in [7, 11) is 0. The van der Waals surface area contributed by atoms with E-state index >= 15 is 0 Å². The summed E-state index contributed by atoms with van der Waals surface area (Å²) < 4.78 is 5.76. The minimum absolute atomic E-state index is 0.0412. The fraction of sp³-hybridized carbons (Fsp3) is 0.333. The molecule has 3 rings (SSSR count). The third-order valence-electron chi connectivity index (χ3n) is 3.83. The molecule has 1 N–H and O–H groups in total. The molecule has 1 aromatic heterocycles. The zero-order valence-electron chi connectivity index (χ0n) is 13.1. The third kappa shape index (κ3) is 4.26. The second-order valence-electron chi connectivity index (χ2n) is 5.66. The summed E-state index contributed by atoms with van der Waals surface area (Å²) in [6.45, 7) is 3.20. The summed E-state index contributed by atoms with van der Waals surface area (Å²) in [6, 6.07) is 13.8. The predicted octanol–water partition coefficient (Wildman–Crippen LogP) is 2.93. The van der Waals surface area contributed by atoms with Crippen molar-refractivity contribution in [3.63, 3.8) is 0 Å². The topological polar surface area (TPSA) is 51.2 Å². The fourth-order valence-electron chi connectivity index (χ4n) is 2.56. The Bertz CT molecular complexity index is 663. The Hall–Kier alpha value is -2.01. The molecule has 0 fully saturated rings. The number of thioether (sulfide) groups is 1. The van der Waals surface area contributed by atoms with Crippen LogP contribution in [0.5, 0.6) is 5.75 Å². The molecular weight excluding hydrogens is 308 g/mol. The maximum atomic E-state index is 12.2. The van der Waals surface area contributed by atoms with E-state index in [9.17, 15) is 4.79 Å². The van der Waals surface area contributed by atoms with E-state index < -0.39 is 0 Å². The summed E-state index contributed by atoms with van der Waals surface area (Å²) in [6.07, 6.45) is 2.68. The standard InChI is InChI=1S/C18H20N2O2S/c1-13(23-17-8-4-5-9-19-17)18(21)20-11-14-10-15-6-2-3-7-16(15)22-12-14/h2-9,13-14H,10-12H2,1H3,(H,20,21)/t13-,14+/m0/s1. The van der Waals surface area contributed by atoms with Crippen molar-refractivity contribution in [1.82, 2.24) is 10.3 Å². The average molecular weight is 328 g/mol. The van der Waals surface area contributed by atoms with Crippen molar-refractivity contribution in [2.24, 2.45) is 5.92 Å². The molecule has 0 spiro atoms. The zero-order chi connectivity index (χ0) is 16.1. The van der Waals surface area contributed by atoms with Crippen LogP contribution in [0.4, 0.5) is 0 Å². The molecule has 0 bridgehead atoms. The lowest BCUT2D eigenvalue weighted by molar-refractivity contribution is -0.120. The van der Waals surface area contributed by atoms with Crippen molar-refractivity contribution in [1.29, 1.82) is 0 Å². The van der Waals surface area contributed by atoms with Gasteiger partial charge >= 0.3 is 0 Å². The van der Waals surface area contributed by atoms with E-state index in [0.29, 0.717) is 19.1 Å². The molecule has 1 aliphatic heterocycles. The van der Waals surface area contributed by atoms with E-state index in [1.807, 2.05) is 43.3 Å². The summed E-state index contributed by atoms with van der Waals surface area (Å²) in [5.41, 5.74) is 1.22. The average Bonchev–Trinajstić information content (AvgIpc) is 2.60. The molecular formula is C18H20N2O2S. The highest BCUT2D eigenvalue weighted by Gasteiger charge is 2.21. The largest absolute Gasteiger partial charge is 0.493 e. The van der Waals surface area contributed by atoms with E-state index in [4.69, 9.17) is 4.74 Å². The molecule has 120 valence electrons. The van der Waals surface area contributed by atoms with Crippen molar-refractivity contribution >= 4 is 17.7 Å². The molecule has 2 aromatic rings. The number of nitrogens with zero attached hydrogens (tertiary/aromatic N) is 1. The van der Waals surface area contributed by atoms with Gasteiger partial charge in [0.15, 0.2) is 0 Å². The van der Waals surface area contributed by atoms with Crippen LogP contribution in [0.15, 0.2) is 53.7 Å². The molecule has 0 saturated heterocycles. The number of ether oxygens (including phenoxy) is 1. The summed E-state index contributed by atoms with van der Waals surface area (Å²) in [5, 5.41) is 3.74. The van der Waals surface area contributed by atoms with E-state index in [2.05, 4.69) is 16.4 Å². The first-order valence-electron chi connectivity index (χ1n) is 7.78. The highest BCUT2D eigenvalue weighted by atomic mass is 32.2. The number of hydrogen-bond acceptors (Lipinski definition) is 4. The first-order valence-corrected chi connectivity index (χ1v) is 8.66. The van der Waals surface area contributed by atoms with Crippen LogP contribution in [0.3, 0.4) is 0 Å². The first-order chi connectivity index (χ1) is 11.2. The minimum Gasteiger partial charge on any atom is -0.493 e. The number of carbonyl (C=O) groups excluding carboxylic acids is 1. The fourth-order valence-corrected chi connectivity index (χ4v) is 3.39. The highest BCUT2D eigenvalue weighted by molar-refractivity contribution is 8.00. The molecule has 4 nitrogen and oxygen atoms in total. The molecule has 0 unspecified atom stereocenters. The van der Waals surface area contributed by atoms with Gasteiger partial charge in [0.25, 0.3) is 0 Å². The number of amides is 1. The number of para-hydroxylation sites is 1. The molecule has 5 heteroatoms.